The quantitative estimate of drug-likeness (QED) is 0.626. The molecule has 0 spiro atoms. The first-order valence-electron chi connectivity index (χ1n) is 11.0. The average molecular weight is 460 g/mol. The lowest BCUT2D eigenvalue weighted by Gasteiger charge is -2.36. The van der Waals surface area contributed by atoms with Gasteiger partial charge in [0.05, 0.1) is 17.2 Å². The van der Waals surface area contributed by atoms with Crippen molar-refractivity contribution in [3.8, 4) is 11.3 Å². The Labute approximate surface area is 191 Å². The molecule has 1 saturated heterocycles. The summed E-state index contributed by atoms with van der Waals surface area (Å²) in [6.45, 7) is 6.74. The van der Waals surface area contributed by atoms with Gasteiger partial charge in [0.1, 0.15) is 0 Å². The summed E-state index contributed by atoms with van der Waals surface area (Å²) in [6, 6.07) is 11.2. The number of carbonyl (C=O) groups is 1. The number of hydrogen-bond acceptors (Lipinski definition) is 6. The predicted octanol–water partition coefficient (Wildman–Crippen LogP) is 3.84. The van der Waals surface area contributed by atoms with Crippen LogP contribution in [0.4, 0.5) is 4.79 Å². The molecule has 0 bridgehead atoms. The standard InChI is InChI=1S/C24H33N3O4S/c1-18(2)17-31-24(28)27-13-11-21(12-14-27)26(3)16-19-5-10-23(25-15-19)20-6-8-22(9-7-20)32(4,29)30/h5-10,15,18,21H,11-14,16-17H2,1-4H3. The van der Waals surface area contributed by atoms with E-state index in [0.717, 1.165) is 36.2 Å². The molecular formula is C24H33N3O4S. The van der Waals surface area contributed by atoms with Gasteiger partial charge in [-0.15, -0.1) is 0 Å². The maximum absolute atomic E-state index is 12.1. The number of pyridine rings is 1. The number of ether oxygens (including phenoxy) is 1. The van der Waals surface area contributed by atoms with Crippen LogP contribution in [0.2, 0.25) is 0 Å². The second kappa shape index (κ2) is 10.4. The molecule has 8 heteroatoms. The van der Waals surface area contributed by atoms with Crippen LogP contribution in [-0.4, -0.2) is 68.3 Å². The first kappa shape index (κ1) is 24.2. The highest BCUT2D eigenvalue weighted by Gasteiger charge is 2.26. The third kappa shape index (κ3) is 6.53. The molecule has 3 rings (SSSR count). The van der Waals surface area contributed by atoms with E-state index in [0.29, 0.717) is 36.6 Å². The van der Waals surface area contributed by atoms with Crippen LogP contribution in [0.3, 0.4) is 0 Å². The topological polar surface area (TPSA) is 79.8 Å². The number of nitrogens with zero attached hydrogens (tertiary/aromatic N) is 3. The highest BCUT2D eigenvalue weighted by molar-refractivity contribution is 7.90. The van der Waals surface area contributed by atoms with E-state index < -0.39 is 9.84 Å². The van der Waals surface area contributed by atoms with Crippen LogP contribution < -0.4 is 0 Å². The van der Waals surface area contributed by atoms with Crippen molar-refractivity contribution in [1.82, 2.24) is 14.8 Å². The van der Waals surface area contributed by atoms with Crippen molar-refractivity contribution in [3.63, 3.8) is 0 Å². The normalized spacial score (nSPS) is 15.4. The van der Waals surface area contributed by atoms with Gasteiger partial charge in [-0.25, -0.2) is 13.2 Å². The fraction of sp³-hybridized carbons (Fsp3) is 0.500. The molecule has 32 heavy (non-hydrogen) atoms. The minimum absolute atomic E-state index is 0.204. The Morgan fingerprint density at radius 1 is 1.16 bits per heavy atom. The summed E-state index contributed by atoms with van der Waals surface area (Å²) < 4.78 is 28.6. The van der Waals surface area contributed by atoms with E-state index in [1.807, 2.05) is 26.1 Å². The molecule has 2 aromatic rings. The third-order valence-corrected chi connectivity index (χ3v) is 6.85. The molecule has 0 saturated carbocycles. The molecular weight excluding hydrogens is 426 g/mol. The maximum Gasteiger partial charge on any atom is 0.409 e. The second-order valence-electron chi connectivity index (χ2n) is 8.95. The summed E-state index contributed by atoms with van der Waals surface area (Å²) in [5.41, 5.74) is 2.81. The number of aromatic nitrogens is 1. The Balaban J connectivity index is 1.52. The first-order valence-corrected chi connectivity index (χ1v) is 12.9. The van der Waals surface area contributed by atoms with Gasteiger partial charge in [0, 0.05) is 43.7 Å². The van der Waals surface area contributed by atoms with Crippen LogP contribution in [0.25, 0.3) is 11.3 Å². The number of rotatable bonds is 7. The van der Waals surface area contributed by atoms with Crippen molar-refractivity contribution in [2.24, 2.45) is 5.92 Å². The molecule has 1 aliphatic heterocycles. The smallest absolute Gasteiger partial charge is 0.409 e. The highest BCUT2D eigenvalue weighted by atomic mass is 32.2. The summed E-state index contributed by atoms with van der Waals surface area (Å²) in [4.78, 5) is 21.1. The lowest BCUT2D eigenvalue weighted by molar-refractivity contribution is 0.0693. The Morgan fingerprint density at radius 3 is 2.34 bits per heavy atom. The zero-order valence-corrected chi connectivity index (χ0v) is 20.1. The van der Waals surface area contributed by atoms with E-state index in [1.54, 1.807) is 29.2 Å². The molecule has 0 unspecified atom stereocenters. The number of sulfone groups is 1. The minimum Gasteiger partial charge on any atom is -0.449 e. The molecule has 1 fully saturated rings. The van der Waals surface area contributed by atoms with Crippen molar-refractivity contribution in [2.75, 3.05) is 33.0 Å². The summed E-state index contributed by atoms with van der Waals surface area (Å²) in [7, 11) is -1.10. The zero-order chi connectivity index (χ0) is 23.3. The van der Waals surface area contributed by atoms with Crippen LogP contribution in [0.5, 0.6) is 0 Å². The molecule has 0 aliphatic carbocycles. The van der Waals surface area contributed by atoms with E-state index >= 15 is 0 Å². The summed E-state index contributed by atoms with van der Waals surface area (Å²) >= 11 is 0. The second-order valence-corrected chi connectivity index (χ2v) is 11.0. The van der Waals surface area contributed by atoms with Gasteiger partial charge in [0.2, 0.25) is 0 Å². The van der Waals surface area contributed by atoms with E-state index in [1.165, 1.54) is 6.26 Å². The van der Waals surface area contributed by atoms with E-state index in [4.69, 9.17) is 4.74 Å². The van der Waals surface area contributed by atoms with Gasteiger partial charge < -0.3 is 9.64 Å². The van der Waals surface area contributed by atoms with Crippen molar-refractivity contribution in [2.45, 2.75) is 44.2 Å². The molecule has 7 nitrogen and oxygen atoms in total. The zero-order valence-electron chi connectivity index (χ0n) is 19.3. The van der Waals surface area contributed by atoms with Crippen LogP contribution >= 0.6 is 0 Å². The molecule has 1 aliphatic rings. The van der Waals surface area contributed by atoms with Crippen LogP contribution in [0.1, 0.15) is 32.3 Å². The molecule has 2 heterocycles. The van der Waals surface area contributed by atoms with Gasteiger partial charge in [-0.2, -0.15) is 0 Å². The fourth-order valence-electron chi connectivity index (χ4n) is 3.80. The Hall–Kier alpha value is -2.45. The molecule has 174 valence electrons. The summed E-state index contributed by atoms with van der Waals surface area (Å²) in [5.74, 6) is 0.342. The lowest BCUT2D eigenvalue weighted by atomic mass is 10.0. The number of benzene rings is 1. The van der Waals surface area contributed by atoms with Crippen molar-refractivity contribution < 1.29 is 17.9 Å². The Bertz CT molecular complexity index is 997. The van der Waals surface area contributed by atoms with E-state index in [2.05, 4.69) is 23.0 Å². The maximum atomic E-state index is 12.1. The summed E-state index contributed by atoms with van der Waals surface area (Å²) in [5, 5.41) is 0. The van der Waals surface area contributed by atoms with Crippen molar-refractivity contribution in [3.05, 3.63) is 48.2 Å². The third-order valence-electron chi connectivity index (χ3n) is 5.72. The van der Waals surface area contributed by atoms with Crippen LogP contribution in [-0.2, 0) is 21.1 Å². The first-order chi connectivity index (χ1) is 15.1. The van der Waals surface area contributed by atoms with Gasteiger partial charge in [-0.05, 0) is 49.6 Å². The number of amides is 1. The number of carbonyl (C=O) groups excluding carboxylic acids is 1. The van der Waals surface area contributed by atoms with Crippen LogP contribution in [0, 0.1) is 5.92 Å². The van der Waals surface area contributed by atoms with Crippen molar-refractivity contribution >= 4 is 15.9 Å². The highest BCUT2D eigenvalue weighted by Crippen LogP contribution is 2.22. The monoisotopic (exact) mass is 459 g/mol. The van der Waals surface area contributed by atoms with Crippen molar-refractivity contribution in [1.29, 1.82) is 0 Å². The van der Waals surface area contributed by atoms with Gasteiger partial charge >= 0.3 is 6.09 Å². The molecule has 1 amide bonds. The van der Waals surface area contributed by atoms with E-state index in [9.17, 15) is 13.2 Å². The number of piperidine rings is 1. The predicted molar refractivity (Wildman–Crippen MR) is 125 cm³/mol. The Kier molecular flexibility index (Phi) is 7.90. The minimum atomic E-state index is -3.20. The molecule has 0 atom stereocenters. The number of likely N-dealkylation sites (tertiary alicyclic amines) is 1. The Morgan fingerprint density at radius 2 is 1.81 bits per heavy atom. The van der Waals surface area contributed by atoms with Gasteiger partial charge in [0.25, 0.3) is 0 Å². The molecule has 0 radical (unpaired) electrons. The lowest BCUT2D eigenvalue weighted by Crippen LogP contribution is -2.45. The SMILES string of the molecule is CC(C)COC(=O)N1CCC(N(C)Cc2ccc(-c3ccc(S(C)(=O)=O)cc3)nc2)CC1. The largest absolute Gasteiger partial charge is 0.449 e. The number of hydrogen-bond donors (Lipinski definition) is 0. The summed E-state index contributed by atoms with van der Waals surface area (Å²) in [6.07, 6.45) is 4.71. The van der Waals surface area contributed by atoms with E-state index in [-0.39, 0.29) is 6.09 Å². The molecule has 1 aromatic carbocycles. The average Bonchev–Trinajstić information content (AvgIpc) is 2.77. The molecule has 1 aromatic heterocycles. The fourth-order valence-corrected chi connectivity index (χ4v) is 4.43. The van der Waals surface area contributed by atoms with Crippen LogP contribution in [0.15, 0.2) is 47.5 Å². The molecule has 0 N–H and O–H groups in total. The van der Waals surface area contributed by atoms with Gasteiger partial charge in [0.15, 0.2) is 9.84 Å². The van der Waals surface area contributed by atoms with Gasteiger partial charge in [-0.1, -0.05) is 32.0 Å². The van der Waals surface area contributed by atoms with Gasteiger partial charge in [-0.3, -0.25) is 9.88 Å².